The summed E-state index contributed by atoms with van der Waals surface area (Å²) in [4.78, 5) is 16.7. The van der Waals surface area contributed by atoms with Crippen molar-refractivity contribution in [1.29, 1.82) is 0 Å². The average molecular weight is 375 g/mol. The van der Waals surface area contributed by atoms with Crippen LogP contribution in [0.25, 0.3) is 5.52 Å². The molecule has 0 spiro atoms. The molecule has 0 aliphatic heterocycles. The van der Waals surface area contributed by atoms with Crippen molar-refractivity contribution in [3.05, 3.63) is 30.1 Å². The van der Waals surface area contributed by atoms with E-state index in [0.717, 1.165) is 6.26 Å². The number of rotatable bonds is 5. The monoisotopic (exact) mass is 374 g/mol. The minimum absolute atomic E-state index is 0. The zero-order valence-corrected chi connectivity index (χ0v) is 15.7. The second-order valence-electron chi connectivity index (χ2n) is 6.20. The van der Waals surface area contributed by atoms with Crippen LogP contribution in [0, 0.1) is 5.92 Å². The molecule has 9 heteroatoms. The van der Waals surface area contributed by atoms with Crippen molar-refractivity contribution in [1.82, 2.24) is 14.7 Å². The number of aromatic nitrogens is 2. The number of pyridine rings is 1. The molecule has 0 aromatic carbocycles. The number of imidazole rings is 1. The number of carbonyl (C=O) groups is 1. The maximum atomic E-state index is 12.6. The second kappa shape index (κ2) is 7.08. The van der Waals surface area contributed by atoms with Crippen LogP contribution in [0.15, 0.2) is 29.6 Å². The van der Waals surface area contributed by atoms with Gasteiger partial charge in [0.05, 0.1) is 11.1 Å². The molecule has 134 valence electrons. The summed E-state index contributed by atoms with van der Waals surface area (Å²) in [6.07, 6.45) is 2.63. The average Bonchev–Trinajstić information content (AvgIpc) is 2.86. The van der Waals surface area contributed by atoms with E-state index in [-0.39, 0.29) is 35.7 Å². The number of carbonyl (C=O) groups excluding carboxylic acids is 1. The van der Waals surface area contributed by atoms with Gasteiger partial charge in [0.25, 0.3) is 5.91 Å². The van der Waals surface area contributed by atoms with Crippen LogP contribution in [-0.2, 0) is 9.84 Å². The van der Waals surface area contributed by atoms with Crippen LogP contribution in [0.2, 0.25) is 0 Å². The number of hydrogen-bond acceptors (Lipinski definition) is 5. The highest BCUT2D eigenvalue weighted by Gasteiger charge is 2.31. The number of amides is 1. The van der Waals surface area contributed by atoms with E-state index in [0.29, 0.717) is 5.52 Å². The van der Waals surface area contributed by atoms with Gasteiger partial charge in [-0.2, -0.15) is 0 Å². The van der Waals surface area contributed by atoms with E-state index in [9.17, 15) is 13.2 Å². The minimum atomic E-state index is -3.56. The van der Waals surface area contributed by atoms with E-state index < -0.39 is 21.3 Å². The van der Waals surface area contributed by atoms with Crippen molar-refractivity contribution in [3.8, 4) is 0 Å². The van der Waals surface area contributed by atoms with Crippen LogP contribution in [0.4, 0.5) is 0 Å². The first-order valence-electron chi connectivity index (χ1n) is 7.30. The van der Waals surface area contributed by atoms with Gasteiger partial charge < -0.3 is 11.1 Å². The summed E-state index contributed by atoms with van der Waals surface area (Å²) in [7, 11) is -3.56. The molecule has 0 bridgehead atoms. The first kappa shape index (κ1) is 20.4. The summed E-state index contributed by atoms with van der Waals surface area (Å²) in [5.74, 6) is -0.329. The summed E-state index contributed by atoms with van der Waals surface area (Å²) in [6.45, 7) is 6.03. The van der Waals surface area contributed by atoms with Gasteiger partial charge in [0.15, 0.2) is 5.69 Å². The Labute approximate surface area is 148 Å². The molecular weight excluding hydrogens is 352 g/mol. The SMILES string of the molecule is CC(C)C(C)(CN)NC(=O)c1nc(S(C)(=O)=O)n2ccccc12.Cl. The van der Waals surface area contributed by atoms with Gasteiger partial charge in [-0.3, -0.25) is 9.20 Å². The molecule has 0 radical (unpaired) electrons. The van der Waals surface area contributed by atoms with Gasteiger partial charge in [-0.15, -0.1) is 12.4 Å². The summed E-state index contributed by atoms with van der Waals surface area (Å²) < 4.78 is 25.2. The highest BCUT2D eigenvalue weighted by atomic mass is 35.5. The number of nitrogens with zero attached hydrogens (tertiary/aromatic N) is 2. The van der Waals surface area contributed by atoms with Gasteiger partial charge in [0.2, 0.25) is 15.0 Å². The first-order chi connectivity index (χ1) is 10.6. The Morgan fingerprint density at radius 2 is 2.04 bits per heavy atom. The Balaban J connectivity index is 0.00000288. The maximum absolute atomic E-state index is 12.6. The lowest BCUT2D eigenvalue weighted by atomic mass is 9.88. The van der Waals surface area contributed by atoms with Gasteiger partial charge in [-0.1, -0.05) is 19.9 Å². The zero-order valence-electron chi connectivity index (χ0n) is 14.1. The lowest BCUT2D eigenvalue weighted by Crippen LogP contribution is -2.55. The maximum Gasteiger partial charge on any atom is 0.272 e. The third kappa shape index (κ3) is 3.71. The molecule has 1 atom stereocenters. The van der Waals surface area contributed by atoms with E-state index in [4.69, 9.17) is 5.73 Å². The molecule has 2 heterocycles. The molecule has 2 aromatic heterocycles. The quantitative estimate of drug-likeness (QED) is 0.819. The molecule has 3 N–H and O–H groups in total. The Kier molecular flexibility index (Phi) is 6.02. The molecule has 2 rings (SSSR count). The van der Waals surface area contributed by atoms with Gasteiger partial charge >= 0.3 is 0 Å². The topological polar surface area (TPSA) is 107 Å². The third-order valence-corrected chi connectivity index (χ3v) is 5.11. The highest BCUT2D eigenvalue weighted by molar-refractivity contribution is 7.90. The van der Waals surface area contributed by atoms with Gasteiger partial charge in [0, 0.05) is 19.0 Å². The van der Waals surface area contributed by atoms with E-state index in [2.05, 4.69) is 10.3 Å². The van der Waals surface area contributed by atoms with Gasteiger partial charge in [-0.05, 0) is 25.0 Å². The Bertz CT molecular complexity index is 848. The fraction of sp³-hybridized carbons (Fsp3) is 0.467. The first-order valence-corrected chi connectivity index (χ1v) is 9.19. The normalized spacial score (nSPS) is 14.2. The number of nitrogens with two attached hydrogens (primary N) is 1. The molecule has 2 aromatic rings. The van der Waals surface area contributed by atoms with Crippen molar-refractivity contribution in [2.24, 2.45) is 11.7 Å². The predicted molar refractivity (Wildman–Crippen MR) is 95.3 cm³/mol. The molecule has 7 nitrogen and oxygen atoms in total. The molecule has 1 amide bonds. The van der Waals surface area contributed by atoms with E-state index in [1.807, 2.05) is 20.8 Å². The summed E-state index contributed by atoms with van der Waals surface area (Å²) in [5, 5.41) is 2.73. The number of halogens is 1. The molecule has 1 unspecified atom stereocenters. The zero-order chi connectivity index (χ0) is 17.4. The van der Waals surface area contributed by atoms with Crippen LogP contribution in [0.1, 0.15) is 31.3 Å². The smallest absolute Gasteiger partial charge is 0.272 e. The molecule has 24 heavy (non-hydrogen) atoms. The number of hydrogen-bond donors (Lipinski definition) is 2. The van der Waals surface area contributed by atoms with E-state index in [1.54, 1.807) is 24.4 Å². The lowest BCUT2D eigenvalue weighted by molar-refractivity contribution is 0.0880. The molecule has 0 saturated carbocycles. The number of sulfone groups is 1. The van der Waals surface area contributed by atoms with E-state index >= 15 is 0 Å². The van der Waals surface area contributed by atoms with Crippen molar-refractivity contribution >= 4 is 33.7 Å². The Morgan fingerprint density at radius 1 is 1.42 bits per heavy atom. The lowest BCUT2D eigenvalue weighted by Gasteiger charge is -2.33. The van der Waals surface area contributed by atoms with Crippen LogP contribution < -0.4 is 11.1 Å². The highest BCUT2D eigenvalue weighted by Crippen LogP contribution is 2.20. The van der Waals surface area contributed by atoms with Crippen LogP contribution in [0.3, 0.4) is 0 Å². The molecular formula is C15H23ClN4O3S. The second-order valence-corrected chi connectivity index (χ2v) is 8.11. The van der Waals surface area contributed by atoms with Crippen LogP contribution >= 0.6 is 12.4 Å². The van der Waals surface area contributed by atoms with Gasteiger partial charge in [0.1, 0.15) is 0 Å². The van der Waals surface area contributed by atoms with E-state index in [1.165, 1.54) is 4.40 Å². The van der Waals surface area contributed by atoms with Crippen molar-refractivity contribution in [3.63, 3.8) is 0 Å². The van der Waals surface area contributed by atoms with Gasteiger partial charge in [-0.25, -0.2) is 13.4 Å². The largest absolute Gasteiger partial charge is 0.344 e. The van der Waals surface area contributed by atoms with Crippen molar-refractivity contribution in [2.75, 3.05) is 12.8 Å². The Morgan fingerprint density at radius 3 is 2.54 bits per heavy atom. The van der Waals surface area contributed by atoms with Crippen molar-refractivity contribution in [2.45, 2.75) is 31.5 Å². The molecule has 0 saturated heterocycles. The van der Waals surface area contributed by atoms with Crippen LogP contribution in [-0.4, -0.2) is 42.0 Å². The Hall–Kier alpha value is -1.64. The summed E-state index contributed by atoms with van der Waals surface area (Å²) in [5.41, 5.74) is 5.69. The fourth-order valence-corrected chi connectivity index (χ4v) is 2.96. The summed E-state index contributed by atoms with van der Waals surface area (Å²) in [6, 6.07) is 5.07. The minimum Gasteiger partial charge on any atom is -0.344 e. The molecule has 0 fully saturated rings. The third-order valence-electron chi connectivity index (χ3n) is 4.16. The number of fused-ring (bicyclic) bond motifs is 1. The fourth-order valence-electron chi connectivity index (χ4n) is 2.19. The molecule has 0 aliphatic carbocycles. The molecule has 0 aliphatic rings. The standard InChI is InChI=1S/C15H22N4O3S.ClH/c1-10(2)15(3,9-16)18-13(20)12-11-7-5-6-8-19(11)14(17-12)23(4,21)22;/h5-8,10H,9,16H2,1-4H3,(H,18,20);1H. The van der Waals surface area contributed by atoms with Crippen molar-refractivity contribution < 1.29 is 13.2 Å². The predicted octanol–water partition coefficient (Wildman–Crippen LogP) is 1.26. The van der Waals surface area contributed by atoms with Crippen LogP contribution in [0.5, 0.6) is 0 Å². The summed E-state index contributed by atoms with van der Waals surface area (Å²) >= 11 is 0. The number of nitrogens with one attached hydrogen (secondary N) is 1.